The van der Waals surface area contributed by atoms with Crippen molar-refractivity contribution in [2.75, 3.05) is 24.5 Å². The van der Waals surface area contributed by atoms with Crippen LogP contribution in [0.2, 0.25) is 0 Å². The van der Waals surface area contributed by atoms with E-state index in [0.717, 1.165) is 24.2 Å². The number of rotatable bonds is 7. The molecule has 0 aliphatic carbocycles. The summed E-state index contributed by atoms with van der Waals surface area (Å²) < 4.78 is 13.0. The molecule has 2 aromatic carbocycles. The van der Waals surface area contributed by atoms with Crippen LogP contribution in [0.4, 0.5) is 10.1 Å². The molecule has 0 bridgehead atoms. The van der Waals surface area contributed by atoms with Crippen LogP contribution in [0.3, 0.4) is 0 Å². The molecule has 7 heteroatoms. The minimum atomic E-state index is -0.767. The van der Waals surface area contributed by atoms with E-state index in [1.165, 1.54) is 12.1 Å². The van der Waals surface area contributed by atoms with Gasteiger partial charge in [0.2, 0.25) is 5.91 Å². The molecule has 1 fully saturated rings. The maximum atomic E-state index is 13.0. The van der Waals surface area contributed by atoms with Crippen molar-refractivity contribution in [3.63, 3.8) is 0 Å². The van der Waals surface area contributed by atoms with Gasteiger partial charge in [0.25, 0.3) is 0 Å². The summed E-state index contributed by atoms with van der Waals surface area (Å²) in [4.78, 5) is 18.2. The number of aliphatic hydroxyl groups excluding tert-OH is 1. The fraction of sp³-hybridized carbons (Fsp3) is 0.364. The number of nitrogens with zero attached hydrogens (tertiary/aromatic N) is 2. The Bertz CT molecular complexity index is 837. The predicted octanol–water partition coefficient (Wildman–Crippen LogP) is 2.74. The molecule has 0 spiro atoms. The van der Waals surface area contributed by atoms with E-state index in [2.05, 4.69) is 15.6 Å². The van der Waals surface area contributed by atoms with Gasteiger partial charge in [-0.1, -0.05) is 24.3 Å². The Morgan fingerprint density at radius 3 is 2.52 bits per heavy atom. The summed E-state index contributed by atoms with van der Waals surface area (Å²) in [7, 11) is 0. The Balaban J connectivity index is 1.57. The lowest BCUT2D eigenvalue weighted by atomic mass is 10.1. The van der Waals surface area contributed by atoms with Gasteiger partial charge in [0.1, 0.15) is 5.82 Å². The van der Waals surface area contributed by atoms with Crippen molar-refractivity contribution in [1.29, 1.82) is 0 Å². The van der Waals surface area contributed by atoms with Gasteiger partial charge in [-0.25, -0.2) is 9.38 Å². The summed E-state index contributed by atoms with van der Waals surface area (Å²) in [6.07, 6.45) is 0.761. The Morgan fingerprint density at radius 2 is 1.90 bits per heavy atom. The van der Waals surface area contributed by atoms with Crippen LogP contribution in [0.25, 0.3) is 0 Å². The zero-order valence-electron chi connectivity index (χ0n) is 16.6. The van der Waals surface area contributed by atoms with E-state index in [9.17, 15) is 14.3 Å². The molecule has 1 saturated heterocycles. The van der Waals surface area contributed by atoms with Crippen molar-refractivity contribution in [2.45, 2.75) is 32.4 Å². The first kappa shape index (κ1) is 20.8. The summed E-state index contributed by atoms with van der Waals surface area (Å²) >= 11 is 0. The van der Waals surface area contributed by atoms with Crippen molar-refractivity contribution in [2.24, 2.45) is 4.99 Å². The second-order valence-electron chi connectivity index (χ2n) is 6.96. The lowest BCUT2D eigenvalue weighted by Gasteiger charge is -2.16. The number of hydrogen-bond acceptors (Lipinski definition) is 3. The van der Waals surface area contributed by atoms with Crippen molar-refractivity contribution >= 4 is 17.6 Å². The van der Waals surface area contributed by atoms with Crippen molar-refractivity contribution in [3.8, 4) is 0 Å². The first-order valence-electron chi connectivity index (χ1n) is 9.92. The fourth-order valence-electron chi connectivity index (χ4n) is 3.21. The minimum absolute atomic E-state index is 0.175. The van der Waals surface area contributed by atoms with E-state index >= 15 is 0 Å². The molecular formula is C22H27FN4O2. The monoisotopic (exact) mass is 398 g/mol. The Kier molecular flexibility index (Phi) is 7.19. The maximum absolute atomic E-state index is 13.0. The number of nitrogens with one attached hydrogen (secondary N) is 2. The number of carbonyl (C=O) groups is 1. The number of guanidine groups is 1. The summed E-state index contributed by atoms with van der Waals surface area (Å²) in [5.74, 6) is 0.436. The van der Waals surface area contributed by atoms with Crippen LogP contribution in [-0.4, -0.2) is 36.6 Å². The molecule has 3 rings (SSSR count). The number of carbonyl (C=O) groups excluding carboxylic acids is 1. The number of halogens is 1. The largest absolute Gasteiger partial charge is 0.387 e. The first-order chi connectivity index (χ1) is 14.1. The third-order valence-electron chi connectivity index (χ3n) is 4.80. The molecule has 29 heavy (non-hydrogen) atoms. The lowest BCUT2D eigenvalue weighted by molar-refractivity contribution is -0.117. The first-order valence-corrected chi connectivity index (χ1v) is 9.92. The Labute approximate surface area is 170 Å². The van der Waals surface area contributed by atoms with E-state index < -0.39 is 6.10 Å². The number of anilines is 1. The fourth-order valence-corrected chi connectivity index (χ4v) is 3.21. The summed E-state index contributed by atoms with van der Waals surface area (Å²) in [5, 5.41) is 16.5. The van der Waals surface area contributed by atoms with E-state index in [1.54, 1.807) is 12.1 Å². The quantitative estimate of drug-likeness (QED) is 0.495. The number of aliphatic hydroxyl groups is 1. The molecule has 1 aliphatic rings. The van der Waals surface area contributed by atoms with E-state index in [4.69, 9.17) is 0 Å². The molecule has 154 valence electrons. The molecule has 0 radical (unpaired) electrons. The molecule has 1 heterocycles. The highest BCUT2D eigenvalue weighted by atomic mass is 19.1. The molecule has 3 N–H and O–H groups in total. The van der Waals surface area contributed by atoms with Gasteiger partial charge in [-0.05, 0) is 48.7 Å². The Morgan fingerprint density at radius 1 is 1.17 bits per heavy atom. The lowest BCUT2D eigenvalue weighted by Crippen LogP contribution is -2.39. The SMILES string of the molecule is CCNC(=NCc1ccc(N2CCCC2=O)cc1)NCC(O)c1ccc(F)cc1. The molecule has 1 atom stereocenters. The number of hydrogen-bond donors (Lipinski definition) is 3. The van der Waals surface area contributed by atoms with Crippen molar-refractivity contribution in [1.82, 2.24) is 10.6 Å². The highest BCUT2D eigenvalue weighted by molar-refractivity contribution is 5.95. The average Bonchev–Trinajstić information content (AvgIpc) is 3.16. The normalized spacial score (nSPS) is 15.5. The predicted molar refractivity (Wildman–Crippen MR) is 112 cm³/mol. The summed E-state index contributed by atoms with van der Waals surface area (Å²) in [5.41, 5.74) is 2.59. The highest BCUT2D eigenvalue weighted by Gasteiger charge is 2.21. The smallest absolute Gasteiger partial charge is 0.227 e. The van der Waals surface area contributed by atoms with Gasteiger partial charge in [0.05, 0.1) is 12.6 Å². The van der Waals surface area contributed by atoms with Gasteiger partial charge in [-0.2, -0.15) is 0 Å². The third-order valence-corrected chi connectivity index (χ3v) is 4.80. The van der Waals surface area contributed by atoms with Gasteiger partial charge in [0.15, 0.2) is 5.96 Å². The van der Waals surface area contributed by atoms with Crippen LogP contribution in [0.5, 0.6) is 0 Å². The van der Waals surface area contributed by atoms with Gasteiger partial charge < -0.3 is 20.6 Å². The highest BCUT2D eigenvalue weighted by Crippen LogP contribution is 2.21. The van der Waals surface area contributed by atoms with Gasteiger partial charge in [-0.3, -0.25) is 4.79 Å². The third kappa shape index (κ3) is 5.77. The number of aliphatic imine (C=N–C) groups is 1. The molecule has 2 aromatic rings. The van der Waals surface area contributed by atoms with Gasteiger partial charge in [-0.15, -0.1) is 0 Å². The summed E-state index contributed by atoms with van der Waals surface area (Å²) in [6, 6.07) is 13.6. The molecule has 1 amide bonds. The average molecular weight is 398 g/mol. The molecule has 1 aliphatic heterocycles. The Hall–Kier alpha value is -2.93. The van der Waals surface area contributed by atoms with Gasteiger partial charge >= 0.3 is 0 Å². The van der Waals surface area contributed by atoms with Crippen LogP contribution < -0.4 is 15.5 Å². The zero-order chi connectivity index (χ0) is 20.6. The molecule has 1 unspecified atom stereocenters. The maximum Gasteiger partial charge on any atom is 0.227 e. The molecular weight excluding hydrogens is 371 g/mol. The van der Waals surface area contributed by atoms with E-state index in [1.807, 2.05) is 36.1 Å². The van der Waals surface area contributed by atoms with Crippen LogP contribution in [0, 0.1) is 5.82 Å². The number of amides is 1. The standard InChI is InChI=1S/C22H27FN4O2/c1-2-24-22(26-15-20(28)17-7-9-18(23)10-8-17)25-14-16-5-11-19(12-6-16)27-13-3-4-21(27)29/h5-12,20,28H,2-4,13-15H2,1H3,(H2,24,25,26). The van der Waals surface area contributed by atoms with Crippen LogP contribution in [0.15, 0.2) is 53.5 Å². The van der Waals surface area contributed by atoms with Crippen LogP contribution in [0.1, 0.15) is 37.0 Å². The second kappa shape index (κ2) is 10.0. The molecule has 0 saturated carbocycles. The summed E-state index contributed by atoms with van der Waals surface area (Å²) in [6.45, 7) is 4.16. The van der Waals surface area contributed by atoms with Crippen molar-refractivity contribution < 1.29 is 14.3 Å². The van der Waals surface area contributed by atoms with Gasteiger partial charge in [0, 0.05) is 31.7 Å². The van der Waals surface area contributed by atoms with E-state index in [-0.39, 0.29) is 18.3 Å². The van der Waals surface area contributed by atoms with Crippen molar-refractivity contribution in [3.05, 3.63) is 65.5 Å². The molecule has 0 aromatic heterocycles. The second-order valence-corrected chi connectivity index (χ2v) is 6.96. The topological polar surface area (TPSA) is 77.0 Å². The number of benzene rings is 2. The zero-order valence-corrected chi connectivity index (χ0v) is 16.6. The minimum Gasteiger partial charge on any atom is -0.387 e. The molecule has 6 nitrogen and oxygen atoms in total. The van der Waals surface area contributed by atoms with E-state index in [0.29, 0.717) is 31.0 Å². The van der Waals surface area contributed by atoms with Crippen LogP contribution in [-0.2, 0) is 11.3 Å². The van der Waals surface area contributed by atoms with Crippen LogP contribution >= 0.6 is 0 Å².